The summed E-state index contributed by atoms with van der Waals surface area (Å²) < 4.78 is 20.9. The number of hydrogen-bond donors (Lipinski definition) is 1. The van der Waals surface area contributed by atoms with Crippen molar-refractivity contribution in [3.05, 3.63) is 47.5 Å². The van der Waals surface area contributed by atoms with Crippen LogP contribution in [0.4, 0.5) is 5.69 Å². The lowest BCUT2D eigenvalue weighted by atomic mass is 10.1. The van der Waals surface area contributed by atoms with E-state index in [1.165, 1.54) is 21.3 Å². The molecular weight excluding hydrogens is 350 g/mol. The number of methoxy groups -OCH3 is 3. The lowest BCUT2D eigenvalue weighted by molar-refractivity contribution is 0.0378. The summed E-state index contributed by atoms with van der Waals surface area (Å²) in [6, 6.07) is 9.57. The number of rotatable bonds is 7. The number of nitrogens with one attached hydrogen (secondary N) is 1. The smallest absolute Gasteiger partial charge is 0.338 e. The Morgan fingerprint density at radius 3 is 1.85 bits per heavy atom. The monoisotopic (exact) mass is 373 g/mol. The maximum absolute atomic E-state index is 12.6. The van der Waals surface area contributed by atoms with Crippen LogP contribution in [-0.2, 0) is 4.74 Å². The molecule has 7 nitrogen and oxygen atoms in total. The third kappa shape index (κ3) is 4.91. The average molecular weight is 373 g/mol. The van der Waals surface area contributed by atoms with Crippen LogP contribution in [-0.4, -0.2) is 39.3 Å². The molecule has 0 radical (unpaired) electrons. The second kappa shape index (κ2) is 8.93. The number of carbonyl (C=O) groups excluding carboxylic acids is 2. The quantitative estimate of drug-likeness (QED) is 0.748. The molecule has 0 aliphatic rings. The van der Waals surface area contributed by atoms with Crippen molar-refractivity contribution in [3.63, 3.8) is 0 Å². The molecule has 0 aliphatic heterocycles. The Kier molecular flexibility index (Phi) is 6.65. The molecule has 2 aromatic carbocycles. The van der Waals surface area contributed by atoms with Gasteiger partial charge in [-0.25, -0.2) is 4.79 Å². The highest BCUT2D eigenvalue weighted by Crippen LogP contribution is 2.38. The highest BCUT2D eigenvalue weighted by Gasteiger charge is 2.17. The summed E-state index contributed by atoms with van der Waals surface area (Å²) >= 11 is 0. The zero-order chi connectivity index (χ0) is 20.0. The summed E-state index contributed by atoms with van der Waals surface area (Å²) in [6.45, 7) is 3.56. The van der Waals surface area contributed by atoms with Crippen molar-refractivity contribution in [2.75, 3.05) is 26.6 Å². The van der Waals surface area contributed by atoms with E-state index in [1.807, 2.05) is 0 Å². The largest absolute Gasteiger partial charge is 0.493 e. The molecule has 2 rings (SSSR count). The molecule has 0 aromatic heterocycles. The molecule has 0 aliphatic carbocycles. The summed E-state index contributed by atoms with van der Waals surface area (Å²) in [4.78, 5) is 24.4. The molecular formula is C20H23NO6. The predicted octanol–water partition coefficient (Wildman–Crippen LogP) is 3.53. The lowest BCUT2D eigenvalue weighted by Crippen LogP contribution is -2.14. The van der Waals surface area contributed by atoms with E-state index in [4.69, 9.17) is 18.9 Å². The topological polar surface area (TPSA) is 83.1 Å². The van der Waals surface area contributed by atoms with Gasteiger partial charge in [-0.15, -0.1) is 0 Å². The zero-order valence-corrected chi connectivity index (χ0v) is 16.0. The van der Waals surface area contributed by atoms with Gasteiger partial charge < -0.3 is 24.3 Å². The van der Waals surface area contributed by atoms with E-state index in [1.54, 1.807) is 50.2 Å². The average Bonchev–Trinajstić information content (AvgIpc) is 2.66. The van der Waals surface area contributed by atoms with Crippen molar-refractivity contribution in [1.82, 2.24) is 0 Å². The third-order valence-corrected chi connectivity index (χ3v) is 3.65. The van der Waals surface area contributed by atoms with Gasteiger partial charge in [0.25, 0.3) is 5.91 Å². The number of esters is 1. The Hall–Kier alpha value is -3.22. The number of carbonyl (C=O) groups is 2. The van der Waals surface area contributed by atoms with Crippen LogP contribution >= 0.6 is 0 Å². The van der Waals surface area contributed by atoms with Crippen LogP contribution in [0.5, 0.6) is 17.2 Å². The van der Waals surface area contributed by atoms with Gasteiger partial charge in [0.1, 0.15) is 0 Å². The molecule has 0 unspecified atom stereocenters. The van der Waals surface area contributed by atoms with Crippen molar-refractivity contribution in [2.45, 2.75) is 20.0 Å². The van der Waals surface area contributed by atoms with Crippen LogP contribution in [0.2, 0.25) is 0 Å². The number of hydrogen-bond acceptors (Lipinski definition) is 6. The number of benzene rings is 2. The van der Waals surface area contributed by atoms with Gasteiger partial charge in [-0.1, -0.05) is 0 Å². The van der Waals surface area contributed by atoms with Gasteiger partial charge in [-0.2, -0.15) is 0 Å². The molecule has 144 valence electrons. The fourth-order valence-corrected chi connectivity index (χ4v) is 2.39. The Morgan fingerprint density at radius 1 is 0.852 bits per heavy atom. The molecule has 1 amide bonds. The van der Waals surface area contributed by atoms with Gasteiger partial charge in [0.15, 0.2) is 11.5 Å². The highest BCUT2D eigenvalue weighted by atomic mass is 16.5. The first-order valence-electron chi connectivity index (χ1n) is 8.32. The molecule has 0 bridgehead atoms. The van der Waals surface area contributed by atoms with E-state index in [9.17, 15) is 9.59 Å². The fourth-order valence-electron chi connectivity index (χ4n) is 2.39. The van der Waals surface area contributed by atoms with Crippen molar-refractivity contribution < 1.29 is 28.5 Å². The molecule has 2 aromatic rings. The first kappa shape index (κ1) is 20.1. The highest BCUT2D eigenvalue weighted by molar-refractivity contribution is 6.05. The summed E-state index contributed by atoms with van der Waals surface area (Å²) in [7, 11) is 4.45. The fraction of sp³-hybridized carbons (Fsp3) is 0.300. The van der Waals surface area contributed by atoms with Crippen molar-refractivity contribution in [1.29, 1.82) is 0 Å². The Labute approximate surface area is 158 Å². The van der Waals surface area contributed by atoms with Crippen LogP contribution in [0.1, 0.15) is 34.6 Å². The van der Waals surface area contributed by atoms with Gasteiger partial charge in [0, 0.05) is 11.3 Å². The first-order chi connectivity index (χ1) is 12.9. The normalized spacial score (nSPS) is 10.3. The van der Waals surface area contributed by atoms with Gasteiger partial charge in [0.05, 0.1) is 33.0 Å². The van der Waals surface area contributed by atoms with Crippen LogP contribution < -0.4 is 19.5 Å². The molecule has 27 heavy (non-hydrogen) atoms. The molecule has 1 N–H and O–H groups in total. The molecule has 0 spiro atoms. The van der Waals surface area contributed by atoms with Crippen LogP contribution in [0.15, 0.2) is 36.4 Å². The summed E-state index contributed by atoms with van der Waals surface area (Å²) in [5.41, 5.74) is 1.29. The third-order valence-electron chi connectivity index (χ3n) is 3.65. The summed E-state index contributed by atoms with van der Waals surface area (Å²) in [5.74, 6) is 0.409. The molecule has 0 saturated carbocycles. The van der Waals surface area contributed by atoms with Gasteiger partial charge in [-0.05, 0) is 50.2 Å². The van der Waals surface area contributed by atoms with E-state index < -0.39 is 5.97 Å². The Balaban J connectivity index is 2.18. The molecule has 0 fully saturated rings. The maximum atomic E-state index is 12.6. The number of ether oxygens (including phenoxy) is 4. The molecule has 0 heterocycles. The SMILES string of the molecule is COc1cc(C(=O)Nc2ccc(C(=O)OC(C)C)cc2)cc(OC)c1OC. The Bertz CT molecular complexity index is 789. The van der Waals surface area contributed by atoms with E-state index in [0.717, 1.165) is 0 Å². The standard InChI is InChI=1S/C20H23NO6/c1-12(2)27-20(23)13-6-8-15(9-7-13)21-19(22)14-10-16(24-3)18(26-5)17(11-14)25-4/h6-12H,1-5H3,(H,21,22). The molecule has 7 heteroatoms. The molecule has 0 saturated heterocycles. The predicted molar refractivity (Wildman–Crippen MR) is 101 cm³/mol. The van der Waals surface area contributed by atoms with Crippen molar-refractivity contribution in [2.24, 2.45) is 0 Å². The van der Waals surface area contributed by atoms with E-state index in [-0.39, 0.29) is 12.0 Å². The Morgan fingerprint density at radius 2 is 1.41 bits per heavy atom. The first-order valence-corrected chi connectivity index (χ1v) is 8.32. The lowest BCUT2D eigenvalue weighted by Gasteiger charge is -2.14. The van der Waals surface area contributed by atoms with Crippen LogP contribution in [0, 0.1) is 0 Å². The van der Waals surface area contributed by atoms with E-state index in [0.29, 0.717) is 34.1 Å². The maximum Gasteiger partial charge on any atom is 0.338 e. The minimum absolute atomic E-state index is 0.197. The van der Waals surface area contributed by atoms with Gasteiger partial charge >= 0.3 is 5.97 Å². The van der Waals surface area contributed by atoms with Crippen molar-refractivity contribution >= 4 is 17.6 Å². The molecule has 0 atom stereocenters. The minimum atomic E-state index is -0.410. The number of anilines is 1. The second-order valence-electron chi connectivity index (χ2n) is 5.90. The van der Waals surface area contributed by atoms with Crippen molar-refractivity contribution in [3.8, 4) is 17.2 Å². The van der Waals surface area contributed by atoms with E-state index >= 15 is 0 Å². The van der Waals surface area contributed by atoms with Gasteiger partial charge in [0.2, 0.25) is 5.75 Å². The summed E-state index contributed by atoms with van der Waals surface area (Å²) in [5, 5.41) is 2.76. The summed E-state index contributed by atoms with van der Waals surface area (Å²) in [6.07, 6.45) is -0.197. The van der Waals surface area contributed by atoms with Crippen LogP contribution in [0.3, 0.4) is 0 Å². The number of amides is 1. The van der Waals surface area contributed by atoms with E-state index in [2.05, 4.69) is 5.32 Å². The minimum Gasteiger partial charge on any atom is -0.493 e. The van der Waals surface area contributed by atoms with Crippen LogP contribution in [0.25, 0.3) is 0 Å². The second-order valence-corrected chi connectivity index (χ2v) is 5.90. The zero-order valence-electron chi connectivity index (χ0n) is 16.0. The van der Waals surface area contributed by atoms with Gasteiger partial charge in [-0.3, -0.25) is 4.79 Å².